The molecule has 0 bridgehead atoms. The molecule has 2 aromatic heterocycles. The average molecular weight is 540 g/mol. The third-order valence-electron chi connectivity index (χ3n) is 6.46. The largest absolute Gasteiger partial charge is 0.497 e. The van der Waals surface area contributed by atoms with Crippen molar-refractivity contribution >= 4 is 29.3 Å². The lowest BCUT2D eigenvalue weighted by Gasteiger charge is -2.26. The molecule has 2 aliphatic heterocycles. The third-order valence-corrected chi connectivity index (χ3v) is 7.44. The molecule has 200 valence electrons. The Morgan fingerprint density at radius 1 is 1.18 bits per heavy atom. The Labute approximate surface area is 223 Å². The first-order valence-corrected chi connectivity index (χ1v) is 13.1. The number of morpholine rings is 1. The highest BCUT2D eigenvalue weighted by atomic mass is 32.1. The quantitative estimate of drug-likeness (QED) is 0.421. The molecule has 0 spiro atoms. The van der Waals surface area contributed by atoms with Crippen LogP contribution in [0.15, 0.2) is 55.8 Å². The molecule has 1 saturated heterocycles. The summed E-state index contributed by atoms with van der Waals surface area (Å²) < 4.78 is 29.8. The summed E-state index contributed by atoms with van der Waals surface area (Å²) in [5.41, 5.74) is 1.02. The van der Waals surface area contributed by atoms with Gasteiger partial charge in [-0.1, -0.05) is 11.3 Å². The van der Waals surface area contributed by atoms with E-state index in [0.717, 1.165) is 19.0 Å². The highest BCUT2D eigenvalue weighted by molar-refractivity contribution is 7.07. The molecule has 4 heterocycles. The maximum Gasteiger partial charge on any atom is 0.338 e. The third kappa shape index (κ3) is 4.74. The highest BCUT2D eigenvalue weighted by Crippen LogP contribution is 2.37. The second-order valence-corrected chi connectivity index (χ2v) is 9.69. The van der Waals surface area contributed by atoms with Gasteiger partial charge in [0.05, 0.1) is 49.8 Å². The zero-order valence-electron chi connectivity index (χ0n) is 21.7. The van der Waals surface area contributed by atoms with E-state index in [9.17, 15) is 9.59 Å². The number of carbonyl (C=O) groups is 1. The van der Waals surface area contributed by atoms with Gasteiger partial charge in [-0.05, 0) is 38.1 Å². The van der Waals surface area contributed by atoms with Crippen LogP contribution in [-0.2, 0) is 14.3 Å². The molecule has 38 heavy (non-hydrogen) atoms. The molecule has 0 saturated carbocycles. The summed E-state index contributed by atoms with van der Waals surface area (Å²) in [6, 6.07) is 8.17. The summed E-state index contributed by atoms with van der Waals surface area (Å²) in [6.45, 7) is 6.44. The zero-order chi connectivity index (χ0) is 26.8. The second kappa shape index (κ2) is 10.9. The summed E-state index contributed by atoms with van der Waals surface area (Å²) in [5.74, 6) is 1.80. The smallest absolute Gasteiger partial charge is 0.338 e. The molecule has 0 aliphatic carbocycles. The van der Waals surface area contributed by atoms with Crippen molar-refractivity contribution in [3.63, 3.8) is 0 Å². The predicted octanol–water partition coefficient (Wildman–Crippen LogP) is 2.25. The maximum absolute atomic E-state index is 13.9. The summed E-state index contributed by atoms with van der Waals surface area (Å²) in [6.07, 6.45) is 1.71. The van der Waals surface area contributed by atoms with Gasteiger partial charge < -0.3 is 28.3 Å². The van der Waals surface area contributed by atoms with Crippen LogP contribution in [0.1, 0.15) is 31.2 Å². The van der Waals surface area contributed by atoms with Gasteiger partial charge in [-0.15, -0.1) is 0 Å². The first kappa shape index (κ1) is 25.8. The van der Waals surface area contributed by atoms with Gasteiger partial charge in [0, 0.05) is 30.8 Å². The number of hydrogen-bond acceptors (Lipinski definition) is 10. The van der Waals surface area contributed by atoms with Crippen LogP contribution < -0.4 is 29.3 Å². The number of methoxy groups -OCH3 is 2. The molecule has 5 rings (SSSR count). The molecule has 3 aromatic rings. The lowest BCUT2D eigenvalue weighted by atomic mass is 9.95. The van der Waals surface area contributed by atoms with Crippen molar-refractivity contribution in [1.82, 2.24) is 4.57 Å². The van der Waals surface area contributed by atoms with E-state index < -0.39 is 12.0 Å². The van der Waals surface area contributed by atoms with Crippen molar-refractivity contribution in [3.05, 3.63) is 72.6 Å². The standard InChI is InChI=1S/C27H29N3O7S/c1-5-36-26(32)23-16(2)28-27-30(24(23)19-14-17(33-3)6-8-20(19)34-4)25(31)21(38-27)15-18-7-9-22(37-18)29-10-12-35-13-11-29/h6-9,14-15,24H,5,10-13H2,1-4H3/t24-/m0/s1. The predicted molar refractivity (Wildman–Crippen MR) is 142 cm³/mol. The van der Waals surface area contributed by atoms with Gasteiger partial charge in [0.15, 0.2) is 10.7 Å². The molecule has 1 fully saturated rings. The fourth-order valence-corrected chi connectivity index (χ4v) is 5.67. The minimum atomic E-state index is -0.821. The number of fused-ring (bicyclic) bond motifs is 1. The Morgan fingerprint density at radius 2 is 1.97 bits per heavy atom. The summed E-state index contributed by atoms with van der Waals surface area (Å²) >= 11 is 1.23. The number of carbonyl (C=O) groups excluding carboxylic acids is 1. The number of aromatic nitrogens is 1. The summed E-state index contributed by atoms with van der Waals surface area (Å²) in [4.78, 5) is 34.2. The average Bonchev–Trinajstić information content (AvgIpc) is 3.52. The van der Waals surface area contributed by atoms with Crippen LogP contribution >= 0.6 is 11.3 Å². The summed E-state index contributed by atoms with van der Waals surface area (Å²) in [7, 11) is 3.09. The van der Waals surface area contributed by atoms with Crippen molar-refractivity contribution in [2.24, 2.45) is 4.99 Å². The molecule has 1 atom stereocenters. The van der Waals surface area contributed by atoms with Crippen molar-refractivity contribution in [1.29, 1.82) is 0 Å². The highest BCUT2D eigenvalue weighted by Gasteiger charge is 2.35. The lowest BCUT2D eigenvalue weighted by Crippen LogP contribution is -2.40. The molecular weight excluding hydrogens is 510 g/mol. The summed E-state index contributed by atoms with van der Waals surface area (Å²) in [5, 5.41) is 0. The molecule has 10 nitrogen and oxygen atoms in total. The molecular formula is C27H29N3O7S. The van der Waals surface area contributed by atoms with Crippen molar-refractivity contribution in [2.75, 3.05) is 52.0 Å². The Balaban J connectivity index is 1.66. The molecule has 2 aliphatic rings. The van der Waals surface area contributed by atoms with E-state index >= 15 is 0 Å². The number of anilines is 1. The van der Waals surface area contributed by atoms with E-state index in [1.807, 2.05) is 12.1 Å². The van der Waals surface area contributed by atoms with Gasteiger partial charge in [-0.25, -0.2) is 9.79 Å². The molecule has 11 heteroatoms. The Hall–Kier alpha value is -3.83. The number of allylic oxidation sites excluding steroid dienone is 1. The fourth-order valence-electron chi connectivity index (χ4n) is 4.64. The van der Waals surface area contributed by atoms with E-state index in [0.29, 0.717) is 51.1 Å². The lowest BCUT2D eigenvalue weighted by molar-refractivity contribution is -0.139. The van der Waals surface area contributed by atoms with Gasteiger partial charge in [-0.2, -0.15) is 0 Å². The number of hydrogen-bond donors (Lipinski definition) is 0. The Bertz CT molecular complexity index is 1560. The molecule has 1 aromatic carbocycles. The van der Waals surface area contributed by atoms with E-state index in [4.69, 9.17) is 23.4 Å². The van der Waals surface area contributed by atoms with Gasteiger partial charge in [-0.3, -0.25) is 9.36 Å². The monoisotopic (exact) mass is 539 g/mol. The van der Waals surface area contributed by atoms with Crippen LogP contribution in [0, 0.1) is 0 Å². The SMILES string of the molecule is CCOC(=O)C1=C(C)N=c2sc(=Cc3ccc(N4CCOCC4)o3)c(=O)n2[C@H]1c1cc(OC)ccc1OC. The number of esters is 1. The van der Waals surface area contributed by atoms with E-state index in [2.05, 4.69) is 9.89 Å². The van der Waals surface area contributed by atoms with Gasteiger partial charge in [0.2, 0.25) is 0 Å². The van der Waals surface area contributed by atoms with Crippen LogP contribution in [0.25, 0.3) is 6.08 Å². The van der Waals surface area contributed by atoms with E-state index in [1.165, 1.54) is 15.9 Å². The maximum atomic E-state index is 13.9. The number of furan rings is 1. The van der Waals surface area contributed by atoms with Crippen molar-refractivity contribution in [2.45, 2.75) is 19.9 Å². The topological polar surface area (TPSA) is 105 Å². The first-order chi connectivity index (χ1) is 18.4. The number of nitrogens with zero attached hydrogens (tertiary/aromatic N) is 3. The normalized spacial score (nSPS) is 17.7. The van der Waals surface area contributed by atoms with Crippen molar-refractivity contribution < 1.29 is 28.2 Å². The number of ether oxygens (including phenoxy) is 4. The van der Waals surface area contributed by atoms with Gasteiger partial charge in [0.25, 0.3) is 5.56 Å². The number of thiazole rings is 1. The minimum Gasteiger partial charge on any atom is -0.497 e. The van der Waals surface area contributed by atoms with Crippen LogP contribution in [0.3, 0.4) is 0 Å². The fraction of sp³-hybridized carbons (Fsp3) is 0.370. The zero-order valence-corrected chi connectivity index (χ0v) is 22.5. The molecule has 0 N–H and O–H groups in total. The van der Waals surface area contributed by atoms with Crippen LogP contribution in [0.4, 0.5) is 5.88 Å². The Morgan fingerprint density at radius 3 is 2.68 bits per heavy atom. The van der Waals surface area contributed by atoms with E-state index in [1.54, 1.807) is 52.3 Å². The van der Waals surface area contributed by atoms with Gasteiger partial charge in [0.1, 0.15) is 23.3 Å². The first-order valence-electron chi connectivity index (χ1n) is 12.3. The molecule has 0 unspecified atom stereocenters. The van der Waals surface area contributed by atoms with Crippen molar-refractivity contribution in [3.8, 4) is 11.5 Å². The molecule has 0 amide bonds. The van der Waals surface area contributed by atoms with Crippen LogP contribution in [-0.4, -0.2) is 57.7 Å². The minimum absolute atomic E-state index is 0.186. The molecule has 0 radical (unpaired) electrons. The second-order valence-electron chi connectivity index (χ2n) is 8.69. The number of rotatable bonds is 7. The van der Waals surface area contributed by atoms with Crippen LogP contribution in [0.5, 0.6) is 11.5 Å². The van der Waals surface area contributed by atoms with Crippen LogP contribution in [0.2, 0.25) is 0 Å². The van der Waals surface area contributed by atoms with Gasteiger partial charge >= 0.3 is 5.97 Å². The Kier molecular flexibility index (Phi) is 7.39. The number of benzene rings is 1. The van der Waals surface area contributed by atoms with E-state index in [-0.39, 0.29) is 17.7 Å².